The van der Waals surface area contributed by atoms with Gasteiger partial charge in [0.25, 0.3) is 0 Å². The Morgan fingerprint density at radius 1 is 1.24 bits per heavy atom. The first-order valence-corrected chi connectivity index (χ1v) is 6.48. The second kappa shape index (κ2) is 7.91. The number of nitrogens with zero attached hydrogens (tertiary/aromatic N) is 4. The molecule has 1 fully saturated rings. The van der Waals surface area contributed by atoms with E-state index in [0.29, 0.717) is 0 Å². The van der Waals surface area contributed by atoms with Crippen molar-refractivity contribution in [1.82, 2.24) is 15.1 Å². The van der Waals surface area contributed by atoms with Crippen molar-refractivity contribution in [3.05, 3.63) is 0 Å². The third kappa shape index (κ3) is 4.61. The molecule has 0 aromatic heterocycles. The van der Waals surface area contributed by atoms with Gasteiger partial charge in [0.15, 0.2) is 6.19 Å². The molecule has 5 heteroatoms. The van der Waals surface area contributed by atoms with Gasteiger partial charge in [0.2, 0.25) is 5.96 Å². The van der Waals surface area contributed by atoms with Crippen molar-refractivity contribution in [2.45, 2.75) is 26.7 Å². The highest BCUT2D eigenvalue weighted by atomic mass is 15.3. The van der Waals surface area contributed by atoms with E-state index >= 15 is 0 Å². The molecule has 0 bridgehead atoms. The molecule has 0 unspecified atom stereocenters. The Morgan fingerprint density at radius 2 is 1.94 bits per heavy atom. The van der Waals surface area contributed by atoms with Gasteiger partial charge in [0, 0.05) is 32.7 Å². The molecular formula is C12H23N5. The van der Waals surface area contributed by atoms with Gasteiger partial charge < -0.3 is 4.90 Å². The highest BCUT2D eigenvalue weighted by molar-refractivity contribution is 5.81. The zero-order valence-corrected chi connectivity index (χ0v) is 10.9. The zero-order chi connectivity index (χ0) is 12.5. The van der Waals surface area contributed by atoms with Crippen LogP contribution in [0.2, 0.25) is 0 Å². The third-order valence-electron chi connectivity index (χ3n) is 2.86. The van der Waals surface area contributed by atoms with Gasteiger partial charge in [-0.2, -0.15) is 5.26 Å². The minimum absolute atomic E-state index is 0.741. The van der Waals surface area contributed by atoms with Gasteiger partial charge in [0.1, 0.15) is 0 Å². The summed E-state index contributed by atoms with van der Waals surface area (Å²) in [6.07, 6.45) is 4.18. The van der Waals surface area contributed by atoms with Crippen LogP contribution in [0.1, 0.15) is 26.7 Å². The molecule has 1 aliphatic heterocycles. The molecular weight excluding hydrogens is 214 g/mol. The normalized spacial score (nSPS) is 17.9. The maximum absolute atomic E-state index is 8.72. The quantitative estimate of drug-likeness (QED) is 0.341. The van der Waals surface area contributed by atoms with E-state index in [2.05, 4.69) is 34.0 Å². The van der Waals surface area contributed by atoms with Crippen molar-refractivity contribution in [3.63, 3.8) is 0 Å². The minimum atomic E-state index is 0.741. The smallest absolute Gasteiger partial charge is 0.207 e. The lowest BCUT2D eigenvalue weighted by Crippen LogP contribution is -2.51. The fraction of sp³-hybridized carbons (Fsp3) is 0.833. The molecule has 1 N–H and O–H groups in total. The van der Waals surface area contributed by atoms with Crippen LogP contribution in [0.25, 0.3) is 0 Å². The maximum atomic E-state index is 8.72. The molecule has 0 aromatic rings. The molecule has 0 spiro atoms. The number of nitrogens with one attached hydrogen (secondary N) is 1. The summed E-state index contributed by atoms with van der Waals surface area (Å²) in [6.45, 7) is 10.3. The first-order valence-electron chi connectivity index (χ1n) is 6.48. The Morgan fingerprint density at radius 3 is 2.47 bits per heavy atom. The molecule has 1 heterocycles. The van der Waals surface area contributed by atoms with E-state index in [9.17, 15) is 0 Å². The molecule has 0 aromatic carbocycles. The zero-order valence-electron chi connectivity index (χ0n) is 10.9. The predicted octanol–water partition coefficient (Wildman–Crippen LogP) is 0.851. The van der Waals surface area contributed by atoms with Crippen LogP contribution in [0.3, 0.4) is 0 Å². The van der Waals surface area contributed by atoms with E-state index in [1.54, 1.807) is 0 Å². The molecule has 17 heavy (non-hydrogen) atoms. The SMILES string of the molecule is CCCN=C(NC#N)N1CCN(CCC)CC1. The number of hydrogen-bond acceptors (Lipinski definition) is 3. The molecule has 1 saturated heterocycles. The lowest BCUT2D eigenvalue weighted by Gasteiger charge is -2.35. The average Bonchev–Trinajstić information content (AvgIpc) is 2.36. The number of piperazine rings is 1. The topological polar surface area (TPSA) is 54.7 Å². The Hall–Kier alpha value is -1.28. The van der Waals surface area contributed by atoms with Gasteiger partial charge in [0.05, 0.1) is 0 Å². The van der Waals surface area contributed by atoms with Crippen molar-refractivity contribution >= 4 is 5.96 Å². The van der Waals surface area contributed by atoms with Crippen LogP contribution < -0.4 is 5.32 Å². The second-order valence-corrected chi connectivity index (χ2v) is 4.27. The molecule has 0 aliphatic carbocycles. The number of guanidine groups is 1. The van der Waals surface area contributed by atoms with Crippen molar-refractivity contribution in [1.29, 1.82) is 5.26 Å². The maximum Gasteiger partial charge on any atom is 0.207 e. The number of rotatable bonds is 4. The molecule has 0 amide bonds. The van der Waals surface area contributed by atoms with E-state index < -0.39 is 0 Å². The summed E-state index contributed by atoms with van der Waals surface area (Å²) in [5.74, 6) is 0.741. The van der Waals surface area contributed by atoms with E-state index in [-0.39, 0.29) is 0 Å². The third-order valence-corrected chi connectivity index (χ3v) is 2.86. The van der Waals surface area contributed by atoms with E-state index in [0.717, 1.165) is 45.1 Å². The summed E-state index contributed by atoms with van der Waals surface area (Å²) in [6, 6.07) is 0. The summed E-state index contributed by atoms with van der Waals surface area (Å²) < 4.78 is 0. The lowest BCUT2D eigenvalue weighted by atomic mass is 10.3. The van der Waals surface area contributed by atoms with E-state index in [1.165, 1.54) is 13.0 Å². The lowest BCUT2D eigenvalue weighted by molar-refractivity contribution is 0.180. The molecule has 0 atom stereocenters. The summed E-state index contributed by atoms with van der Waals surface area (Å²) in [5.41, 5.74) is 0. The standard InChI is InChI=1S/C12H23N5/c1-3-5-14-12(15-11-13)17-9-7-16(6-4-2)8-10-17/h3-10H2,1-2H3,(H,14,15). The van der Waals surface area contributed by atoms with Gasteiger partial charge in [-0.25, -0.2) is 0 Å². The first-order chi connectivity index (χ1) is 8.31. The highest BCUT2D eigenvalue weighted by Gasteiger charge is 2.18. The largest absolute Gasteiger partial charge is 0.340 e. The Labute approximate surface area is 104 Å². The van der Waals surface area contributed by atoms with Crippen LogP contribution >= 0.6 is 0 Å². The number of aliphatic imine (C=N–C) groups is 1. The monoisotopic (exact) mass is 237 g/mol. The minimum Gasteiger partial charge on any atom is -0.340 e. The predicted molar refractivity (Wildman–Crippen MR) is 69.6 cm³/mol. The van der Waals surface area contributed by atoms with Crippen LogP contribution in [0.5, 0.6) is 0 Å². The van der Waals surface area contributed by atoms with Gasteiger partial charge in [-0.05, 0) is 19.4 Å². The Balaban J connectivity index is 2.46. The van der Waals surface area contributed by atoms with Crippen molar-refractivity contribution in [2.24, 2.45) is 4.99 Å². The molecule has 0 radical (unpaired) electrons. The molecule has 1 aliphatic rings. The van der Waals surface area contributed by atoms with Gasteiger partial charge in [-0.1, -0.05) is 13.8 Å². The van der Waals surface area contributed by atoms with E-state index in [1.807, 2.05) is 6.19 Å². The van der Waals surface area contributed by atoms with Crippen LogP contribution in [0.4, 0.5) is 0 Å². The van der Waals surface area contributed by atoms with Crippen molar-refractivity contribution in [3.8, 4) is 6.19 Å². The first kappa shape index (κ1) is 13.8. The van der Waals surface area contributed by atoms with E-state index in [4.69, 9.17) is 5.26 Å². The van der Waals surface area contributed by atoms with Crippen molar-refractivity contribution in [2.75, 3.05) is 39.3 Å². The van der Waals surface area contributed by atoms with Crippen molar-refractivity contribution < 1.29 is 0 Å². The van der Waals surface area contributed by atoms with Crippen LogP contribution in [0, 0.1) is 11.5 Å². The van der Waals surface area contributed by atoms with Gasteiger partial charge in [-0.15, -0.1) is 0 Å². The van der Waals surface area contributed by atoms with Crippen LogP contribution in [-0.2, 0) is 0 Å². The van der Waals surface area contributed by atoms with Gasteiger partial charge in [-0.3, -0.25) is 15.2 Å². The number of nitriles is 1. The van der Waals surface area contributed by atoms with Crippen LogP contribution in [-0.4, -0.2) is 55.0 Å². The Bertz CT molecular complexity index is 273. The summed E-state index contributed by atoms with van der Waals surface area (Å²) in [7, 11) is 0. The molecule has 0 saturated carbocycles. The Kier molecular flexibility index (Phi) is 6.41. The fourth-order valence-electron chi connectivity index (χ4n) is 1.99. The summed E-state index contributed by atoms with van der Waals surface area (Å²) in [5, 5.41) is 11.4. The average molecular weight is 237 g/mol. The second-order valence-electron chi connectivity index (χ2n) is 4.27. The fourth-order valence-corrected chi connectivity index (χ4v) is 1.99. The highest BCUT2D eigenvalue weighted by Crippen LogP contribution is 2.03. The molecule has 5 nitrogen and oxygen atoms in total. The summed E-state index contributed by atoms with van der Waals surface area (Å²) in [4.78, 5) is 9.05. The van der Waals surface area contributed by atoms with Crippen LogP contribution in [0.15, 0.2) is 4.99 Å². The number of hydrogen-bond donors (Lipinski definition) is 1. The molecule has 96 valence electrons. The molecule has 1 rings (SSSR count). The van der Waals surface area contributed by atoms with Gasteiger partial charge >= 0.3 is 0 Å². The summed E-state index contributed by atoms with van der Waals surface area (Å²) >= 11 is 0.